The number of hydrogen-bond donors (Lipinski definition) is 0. The van der Waals surface area contributed by atoms with E-state index in [9.17, 15) is 0 Å². The van der Waals surface area contributed by atoms with E-state index >= 15 is 0 Å². The van der Waals surface area contributed by atoms with E-state index in [4.69, 9.17) is 18.6 Å². The van der Waals surface area contributed by atoms with Gasteiger partial charge in [-0.3, -0.25) is 0 Å². The Morgan fingerprint density at radius 3 is 2.50 bits per heavy atom. The molecule has 7 nitrogen and oxygen atoms in total. The van der Waals surface area contributed by atoms with Gasteiger partial charge in [0.1, 0.15) is 11.7 Å². The van der Waals surface area contributed by atoms with Gasteiger partial charge < -0.3 is 0 Å². The normalized spacial score (nSPS) is 15.2. The summed E-state index contributed by atoms with van der Waals surface area (Å²) in [5.41, 5.74) is 6.97. The molecule has 9 heteroatoms. The predicted octanol–water partition coefficient (Wildman–Crippen LogP) is -1.99. The molecule has 0 radical (unpaired) electrons. The molecule has 0 saturated heterocycles. The summed E-state index contributed by atoms with van der Waals surface area (Å²) in [7, 11) is -4.94. The average molecular weight is 366 g/mol. The van der Waals surface area contributed by atoms with Crippen molar-refractivity contribution >= 4 is 27.9 Å². The minimum Gasteiger partial charge on any atom is -0.222 e. The minimum atomic E-state index is -4.94. The maximum absolute atomic E-state index is 8.49. The Kier molecular flexibility index (Phi) is 4.86. The molecule has 1 aromatic carbocycles. The smallest absolute Gasteiger partial charge is 0.222 e. The van der Waals surface area contributed by atoms with Crippen LogP contribution >= 0.6 is 11.3 Å². The lowest BCUT2D eigenvalue weighted by Crippen LogP contribution is -2.68. The maximum atomic E-state index is 8.49. The van der Waals surface area contributed by atoms with E-state index in [-0.39, 0.29) is 0 Å². The summed E-state index contributed by atoms with van der Waals surface area (Å²) in [4.78, 5) is 5.40. The molecule has 0 aliphatic heterocycles. The van der Waals surface area contributed by atoms with Crippen LogP contribution in [-0.2, 0) is 6.42 Å². The van der Waals surface area contributed by atoms with E-state index in [0.29, 0.717) is 0 Å². The van der Waals surface area contributed by atoms with Crippen LogP contribution in [-0.4, -0.2) is 10.1 Å². The molecule has 1 aliphatic carbocycles. The van der Waals surface area contributed by atoms with Crippen LogP contribution in [0.15, 0.2) is 42.0 Å². The van der Waals surface area contributed by atoms with Gasteiger partial charge in [0.05, 0.1) is 0 Å². The van der Waals surface area contributed by atoms with Gasteiger partial charge in [-0.1, -0.05) is 39.9 Å². The quantitative estimate of drug-likeness (QED) is 0.460. The van der Waals surface area contributed by atoms with Crippen molar-refractivity contribution in [2.45, 2.75) is 12.8 Å². The fourth-order valence-corrected chi connectivity index (χ4v) is 3.18. The van der Waals surface area contributed by atoms with Crippen molar-refractivity contribution in [3.05, 3.63) is 58.9 Å². The largest absolute Gasteiger partial charge is 0.409 e. The van der Waals surface area contributed by atoms with Crippen molar-refractivity contribution < 1.29 is 33.4 Å². The number of aryl methyl sites for hydroxylation is 1. The highest BCUT2D eigenvalue weighted by Crippen LogP contribution is 2.31. The number of allylic oxidation sites excluding steroid dienone is 1. The van der Waals surface area contributed by atoms with Crippen molar-refractivity contribution in [2.75, 3.05) is 0 Å². The van der Waals surface area contributed by atoms with Crippen LogP contribution in [0.5, 0.6) is 0 Å². The van der Waals surface area contributed by atoms with Gasteiger partial charge in [0.2, 0.25) is 0 Å². The molecular formula is C15H12ClN3O4S. The zero-order chi connectivity index (χ0) is 17.2. The number of halogens is 1. The fourth-order valence-electron chi connectivity index (χ4n) is 2.59. The number of fused-ring (bicyclic) bond motifs is 3. The Hall–Kier alpha value is -1.94. The van der Waals surface area contributed by atoms with Crippen LogP contribution < -0.4 is 23.2 Å². The van der Waals surface area contributed by atoms with E-state index in [1.807, 2.05) is 22.3 Å². The highest BCUT2D eigenvalue weighted by Gasteiger charge is 2.27. The molecule has 24 heavy (non-hydrogen) atoms. The number of nitrogens with zero attached hydrogens (tertiary/aromatic N) is 3. The summed E-state index contributed by atoms with van der Waals surface area (Å²) in [6.45, 7) is 0. The SMILES string of the molecule is C(=C1/CCc2cnc3scn[n+]3c21)/c1ccccc1.[O-][Cl+3]([O-])([O-])[O-]. The van der Waals surface area contributed by atoms with Crippen LogP contribution in [0.3, 0.4) is 0 Å². The van der Waals surface area contributed by atoms with Crippen molar-refractivity contribution in [1.29, 1.82) is 0 Å². The lowest BCUT2D eigenvalue weighted by Gasteiger charge is -2.17. The molecule has 2 heterocycles. The molecule has 4 rings (SSSR count). The zero-order valence-electron chi connectivity index (χ0n) is 12.3. The first-order chi connectivity index (χ1) is 11.4. The Bertz CT molecular complexity index is 871. The number of hydrogen-bond acceptors (Lipinski definition) is 7. The van der Waals surface area contributed by atoms with E-state index in [0.717, 1.165) is 17.8 Å². The molecule has 0 unspecified atom stereocenters. The second-order valence-electron chi connectivity index (χ2n) is 5.02. The highest BCUT2D eigenvalue weighted by molar-refractivity contribution is 7.14. The molecule has 3 aromatic rings. The maximum Gasteiger partial charge on any atom is 0.409 e. The average Bonchev–Trinajstić information content (AvgIpc) is 3.12. The van der Waals surface area contributed by atoms with Crippen molar-refractivity contribution in [3.63, 3.8) is 0 Å². The molecule has 1 aliphatic rings. The van der Waals surface area contributed by atoms with Crippen LogP contribution in [0.25, 0.3) is 16.6 Å². The van der Waals surface area contributed by atoms with E-state index in [1.54, 1.807) is 11.3 Å². The minimum absolute atomic E-state index is 0.958. The molecule has 0 saturated carbocycles. The van der Waals surface area contributed by atoms with E-state index in [1.165, 1.54) is 22.4 Å². The summed E-state index contributed by atoms with van der Waals surface area (Å²) in [6.07, 6.45) is 6.38. The third kappa shape index (κ3) is 4.12. The first-order valence-corrected chi connectivity index (χ1v) is 9.04. The first kappa shape index (κ1) is 16.9. The van der Waals surface area contributed by atoms with Crippen LogP contribution in [0.1, 0.15) is 23.2 Å². The molecule has 0 spiro atoms. The van der Waals surface area contributed by atoms with Crippen LogP contribution in [0.4, 0.5) is 0 Å². The highest BCUT2D eigenvalue weighted by atomic mass is 35.7. The third-order valence-electron chi connectivity index (χ3n) is 3.46. The number of rotatable bonds is 1. The zero-order valence-corrected chi connectivity index (χ0v) is 13.9. The molecule has 2 aromatic heterocycles. The van der Waals surface area contributed by atoms with E-state index < -0.39 is 10.2 Å². The lowest BCUT2D eigenvalue weighted by molar-refractivity contribution is -2.00. The van der Waals surface area contributed by atoms with Crippen molar-refractivity contribution in [2.24, 2.45) is 0 Å². The van der Waals surface area contributed by atoms with Gasteiger partial charge in [-0.15, -0.1) is 10.2 Å². The van der Waals surface area contributed by atoms with Gasteiger partial charge in [-0.25, -0.2) is 18.6 Å². The second-order valence-corrected chi connectivity index (χ2v) is 6.59. The summed E-state index contributed by atoms with van der Waals surface area (Å²) in [6, 6.07) is 10.5. The third-order valence-corrected chi connectivity index (χ3v) is 4.15. The molecule has 0 amide bonds. The monoisotopic (exact) mass is 365 g/mol. The first-order valence-electron chi connectivity index (χ1n) is 6.93. The van der Waals surface area contributed by atoms with Gasteiger partial charge in [-0.05, 0) is 40.8 Å². The fraction of sp³-hybridized carbons (Fsp3) is 0.133. The molecule has 0 atom stereocenters. The Balaban J connectivity index is 0.000000300. The van der Waals surface area contributed by atoms with Crippen LogP contribution in [0.2, 0.25) is 0 Å². The Morgan fingerprint density at radius 1 is 1.08 bits per heavy atom. The Labute approximate surface area is 143 Å². The summed E-state index contributed by atoms with van der Waals surface area (Å²) in [5, 5.41) is 4.41. The van der Waals surface area contributed by atoms with Gasteiger partial charge in [0, 0.05) is 11.1 Å². The van der Waals surface area contributed by atoms with Gasteiger partial charge in [0.15, 0.2) is 5.69 Å². The lowest BCUT2D eigenvalue weighted by atomic mass is 10.1. The Morgan fingerprint density at radius 2 is 1.79 bits per heavy atom. The molecule has 0 bridgehead atoms. The second kappa shape index (κ2) is 6.89. The predicted molar refractivity (Wildman–Crippen MR) is 75.7 cm³/mol. The number of benzene rings is 1. The molecular weight excluding hydrogens is 354 g/mol. The van der Waals surface area contributed by atoms with E-state index in [2.05, 4.69) is 40.4 Å². The van der Waals surface area contributed by atoms with Gasteiger partial charge >= 0.3 is 4.96 Å². The molecule has 124 valence electrons. The van der Waals surface area contributed by atoms with Gasteiger partial charge in [-0.2, -0.15) is 0 Å². The van der Waals surface area contributed by atoms with Crippen molar-refractivity contribution in [1.82, 2.24) is 10.1 Å². The standard InChI is InChI=1S/C15H12N3S.ClHO4/c1-2-4-11(5-3-1)8-12-6-7-13-9-16-15-18(14(12)13)17-10-19-15;2-1(3,4)5/h1-5,8-10H,6-7H2;(H,2,3,4,5)/q+1;/p-1/b12-8+;. The summed E-state index contributed by atoms with van der Waals surface area (Å²) < 4.78 is 35.9. The topological polar surface area (TPSA) is 122 Å². The summed E-state index contributed by atoms with van der Waals surface area (Å²) in [5.74, 6) is 0. The molecule has 0 N–H and O–H groups in total. The van der Waals surface area contributed by atoms with Gasteiger partial charge in [0.25, 0.3) is 0 Å². The van der Waals surface area contributed by atoms with Crippen LogP contribution in [0, 0.1) is 10.2 Å². The molecule has 0 fully saturated rings. The van der Waals surface area contributed by atoms with Crippen molar-refractivity contribution in [3.8, 4) is 0 Å². The number of aromatic nitrogens is 3. The summed E-state index contributed by atoms with van der Waals surface area (Å²) >= 11 is 1.58.